The van der Waals surface area contributed by atoms with Crippen molar-refractivity contribution in [2.75, 3.05) is 18.6 Å². The summed E-state index contributed by atoms with van der Waals surface area (Å²) in [6.07, 6.45) is 1.39. The molecule has 148 valence electrons. The first-order valence-electron chi connectivity index (χ1n) is 8.77. The molecule has 1 aliphatic heterocycles. The van der Waals surface area contributed by atoms with Crippen LogP contribution in [-0.4, -0.2) is 37.5 Å². The van der Waals surface area contributed by atoms with Gasteiger partial charge in [0, 0.05) is 0 Å². The van der Waals surface area contributed by atoms with E-state index in [9.17, 15) is 19.2 Å². The molecule has 1 N–H and O–H groups in total. The van der Waals surface area contributed by atoms with E-state index in [0.29, 0.717) is 11.3 Å². The van der Waals surface area contributed by atoms with E-state index >= 15 is 0 Å². The highest BCUT2D eigenvalue weighted by atomic mass is 16.5. The van der Waals surface area contributed by atoms with Crippen LogP contribution in [0.2, 0.25) is 0 Å². The fourth-order valence-electron chi connectivity index (χ4n) is 2.72. The van der Waals surface area contributed by atoms with Crippen LogP contribution in [0, 0.1) is 0 Å². The molecule has 1 heterocycles. The molecule has 0 bridgehead atoms. The number of anilines is 1. The lowest BCUT2D eigenvalue weighted by Gasteiger charge is -2.26. The van der Waals surface area contributed by atoms with Gasteiger partial charge in [0.25, 0.3) is 11.8 Å². The number of rotatable bonds is 5. The minimum Gasteiger partial charge on any atom is -0.497 e. The molecule has 29 heavy (non-hydrogen) atoms. The van der Waals surface area contributed by atoms with Crippen LogP contribution in [0.3, 0.4) is 0 Å². The number of carbonyl (C=O) groups is 4. The van der Waals surface area contributed by atoms with Gasteiger partial charge in [0.05, 0.1) is 25.0 Å². The molecule has 2 aromatic carbocycles. The van der Waals surface area contributed by atoms with Gasteiger partial charge in [-0.15, -0.1) is 0 Å². The van der Waals surface area contributed by atoms with E-state index in [4.69, 9.17) is 9.47 Å². The SMILES string of the molecule is CCOC(=O)c1ccc(N2C(=O)NC(=O)/C(=C/c3ccc(OC)cc3)C2=O)cc1. The average Bonchev–Trinajstić information content (AvgIpc) is 2.72. The van der Waals surface area contributed by atoms with E-state index < -0.39 is 23.8 Å². The summed E-state index contributed by atoms with van der Waals surface area (Å²) in [4.78, 5) is 49.9. The van der Waals surface area contributed by atoms with Gasteiger partial charge in [0.15, 0.2) is 0 Å². The minimum absolute atomic E-state index is 0.191. The molecule has 8 nitrogen and oxygen atoms in total. The Morgan fingerprint density at radius 3 is 2.28 bits per heavy atom. The van der Waals surface area contributed by atoms with Crippen LogP contribution >= 0.6 is 0 Å². The Morgan fingerprint density at radius 1 is 1.03 bits per heavy atom. The van der Waals surface area contributed by atoms with Crippen molar-refractivity contribution < 1.29 is 28.7 Å². The van der Waals surface area contributed by atoms with E-state index in [-0.39, 0.29) is 23.4 Å². The number of esters is 1. The van der Waals surface area contributed by atoms with Gasteiger partial charge in [-0.1, -0.05) is 12.1 Å². The first-order chi connectivity index (χ1) is 13.9. The Labute approximate surface area is 166 Å². The van der Waals surface area contributed by atoms with Crippen molar-refractivity contribution in [3.05, 3.63) is 65.2 Å². The predicted octanol–water partition coefficient (Wildman–Crippen LogP) is 2.54. The van der Waals surface area contributed by atoms with Gasteiger partial charge < -0.3 is 9.47 Å². The molecule has 0 spiro atoms. The summed E-state index contributed by atoms with van der Waals surface area (Å²) < 4.78 is 9.99. The van der Waals surface area contributed by atoms with Gasteiger partial charge in [0.2, 0.25) is 0 Å². The maximum absolute atomic E-state index is 12.9. The molecule has 1 aliphatic rings. The van der Waals surface area contributed by atoms with E-state index in [1.54, 1.807) is 31.2 Å². The summed E-state index contributed by atoms with van der Waals surface area (Å²) >= 11 is 0. The Kier molecular flexibility index (Phi) is 5.73. The minimum atomic E-state index is -0.865. The highest BCUT2D eigenvalue weighted by Gasteiger charge is 2.36. The summed E-state index contributed by atoms with van der Waals surface area (Å²) in [5, 5.41) is 2.15. The van der Waals surface area contributed by atoms with Gasteiger partial charge in [-0.2, -0.15) is 0 Å². The summed E-state index contributed by atoms with van der Waals surface area (Å²) in [7, 11) is 1.53. The number of methoxy groups -OCH3 is 1. The summed E-state index contributed by atoms with van der Waals surface area (Å²) in [6.45, 7) is 1.92. The van der Waals surface area contributed by atoms with Crippen LogP contribution in [0.4, 0.5) is 10.5 Å². The van der Waals surface area contributed by atoms with Crippen LogP contribution < -0.4 is 15.0 Å². The second-order valence-corrected chi connectivity index (χ2v) is 6.00. The van der Waals surface area contributed by atoms with Crippen molar-refractivity contribution in [2.45, 2.75) is 6.92 Å². The second kappa shape index (κ2) is 8.39. The van der Waals surface area contributed by atoms with Crippen LogP contribution in [0.5, 0.6) is 5.75 Å². The number of amides is 4. The zero-order valence-corrected chi connectivity index (χ0v) is 15.8. The standard InChI is InChI=1S/C21H18N2O6/c1-3-29-20(26)14-6-8-15(9-7-14)23-19(25)17(18(24)22-21(23)27)12-13-4-10-16(28-2)11-5-13/h4-12H,3H2,1-2H3,(H,22,24,27)/b17-12-. The van der Waals surface area contributed by atoms with E-state index in [0.717, 1.165) is 4.90 Å². The van der Waals surface area contributed by atoms with Crippen LogP contribution in [-0.2, 0) is 14.3 Å². The van der Waals surface area contributed by atoms with Crippen LogP contribution in [0.15, 0.2) is 54.1 Å². The van der Waals surface area contributed by atoms with E-state index in [1.807, 2.05) is 0 Å². The number of carbonyl (C=O) groups excluding carboxylic acids is 4. The number of nitrogens with zero attached hydrogens (tertiary/aromatic N) is 1. The molecule has 0 aliphatic carbocycles. The zero-order chi connectivity index (χ0) is 21.0. The van der Waals surface area contributed by atoms with Gasteiger partial charge in [-0.25, -0.2) is 14.5 Å². The fraction of sp³-hybridized carbons (Fsp3) is 0.143. The predicted molar refractivity (Wildman–Crippen MR) is 104 cm³/mol. The molecular formula is C21H18N2O6. The number of benzene rings is 2. The Bertz CT molecular complexity index is 993. The molecule has 0 aromatic heterocycles. The van der Waals surface area contributed by atoms with Crippen molar-refractivity contribution in [2.24, 2.45) is 0 Å². The summed E-state index contributed by atoms with van der Waals surface area (Å²) in [6, 6.07) is 11.6. The third kappa shape index (κ3) is 4.16. The first-order valence-corrected chi connectivity index (χ1v) is 8.77. The molecule has 0 saturated carbocycles. The van der Waals surface area contributed by atoms with Gasteiger partial charge in [0.1, 0.15) is 11.3 Å². The second-order valence-electron chi connectivity index (χ2n) is 6.00. The van der Waals surface area contributed by atoms with Gasteiger partial charge >= 0.3 is 12.0 Å². The Balaban J connectivity index is 1.90. The van der Waals surface area contributed by atoms with E-state index in [1.165, 1.54) is 37.5 Å². The first kappa shape index (κ1) is 19.8. The van der Waals surface area contributed by atoms with Crippen molar-refractivity contribution in [1.29, 1.82) is 0 Å². The largest absolute Gasteiger partial charge is 0.497 e. The Hall–Kier alpha value is -3.94. The lowest BCUT2D eigenvalue weighted by molar-refractivity contribution is -0.122. The van der Waals surface area contributed by atoms with Crippen LogP contribution in [0.25, 0.3) is 6.08 Å². The van der Waals surface area contributed by atoms with Gasteiger partial charge in [-0.05, 0) is 55.0 Å². The number of imide groups is 2. The number of ether oxygens (including phenoxy) is 2. The summed E-state index contributed by atoms with van der Waals surface area (Å²) in [5.41, 5.74) is 0.903. The average molecular weight is 394 g/mol. The van der Waals surface area contributed by atoms with Gasteiger partial charge in [-0.3, -0.25) is 14.9 Å². The zero-order valence-electron chi connectivity index (χ0n) is 15.8. The fourth-order valence-corrected chi connectivity index (χ4v) is 2.72. The molecule has 2 aromatic rings. The highest BCUT2D eigenvalue weighted by Crippen LogP contribution is 2.23. The molecule has 3 rings (SSSR count). The highest BCUT2D eigenvalue weighted by molar-refractivity contribution is 6.39. The number of hydrogen-bond donors (Lipinski definition) is 1. The van der Waals surface area contributed by atoms with Crippen molar-refractivity contribution in [3.8, 4) is 5.75 Å². The number of urea groups is 1. The molecule has 4 amide bonds. The number of nitrogens with one attached hydrogen (secondary N) is 1. The van der Waals surface area contributed by atoms with Crippen LogP contribution in [0.1, 0.15) is 22.8 Å². The Morgan fingerprint density at radius 2 is 1.69 bits per heavy atom. The lowest BCUT2D eigenvalue weighted by Crippen LogP contribution is -2.54. The molecule has 1 saturated heterocycles. The quantitative estimate of drug-likeness (QED) is 0.475. The van der Waals surface area contributed by atoms with E-state index in [2.05, 4.69) is 5.32 Å². The lowest BCUT2D eigenvalue weighted by atomic mass is 10.1. The molecule has 0 atom stereocenters. The monoisotopic (exact) mass is 394 g/mol. The normalized spacial score (nSPS) is 15.3. The molecule has 0 unspecified atom stereocenters. The third-order valence-electron chi connectivity index (χ3n) is 4.17. The molecule has 1 fully saturated rings. The maximum Gasteiger partial charge on any atom is 0.338 e. The molecular weight excluding hydrogens is 376 g/mol. The molecule has 0 radical (unpaired) electrons. The van der Waals surface area contributed by atoms with Crippen molar-refractivity contribution in [1.82, 2.24) is 5.32 Å². The summed E-state index contributed by atoms with van der Waals surface area (Å²) in [5.74, 6) is -1.43. The van der Waals surface area contributed by atoms with Crippen molar-refractivity contribution in [3.63, 3.8) is 0 Å². The maximum atomic E-state index is 12.9. The molecule has 8 heteroatoms. The topological polar surface area (TPSA) is 102 Å². The third-order valence-corrected chi connectivity index (χ3v) is 4.17. The smallest absolute Gasteiger partial charge is 0.338 e. The van der Waals surface area contributed by atoms with Crippen molar-refractivity contribution >= 4 is 35.6 Å². The number of hydrogen-bond acceptors (Lipinski definition) is 6. The number of barbiturate groups is 1.